The zero-order valence-corrected chi connectivity index (χ0v) is 9.19. The predicted octanol–water partition coefficient (Wildman–Crippen LogP) is 3.00. The van der Waals surface area contributed by atoms with Gasteiger partial charge in [0.15, 0.2) is 5.22 Å². The molecule has 0 radical (unpaired) electrons. The Bertz CT molecular complexity index is 335. The van der Waals surface area contributed by atoms with E-state index in [0.717, 1.165) is 18.4 Å². The molecule has 0 aliphatic heterocycles. The third-order valence-electron chi connectivity index (χ3n) is 2.10. The molecule has 76 valence electrons. The van der Waals surface area contributed by atoms with Crippen molar-refractivity contribution in [1.29, 1.82) is 0 Å². The predicted molar refractivity (Wildman–Crippen MR) is 58.2 cm³/mol. The van der Waals surface area contributed by atoms with Gasteiger partial charge in [0.05, 0.1) is 6.26 Å². The molecule has 0 amide bonds. The Morgan fingerprint density at radius 2 is 2.43 bits per heavy atom. The topological polar surface area (TPSA) is 25.2 Å². The van der Waals surface area contributed by atoms with E-state index in [1.54, 1.807) is 6.26 Å². The van der Waals surface area contributed by atoms with Crippen LogP contribution in [-0.2, 0) is 0 Å². The van der Waals surface area contributed by atoms with Crippen molar-refractivity contribution in [3.63, 3.8) is 0 Å². The van der Waals surface area contributed by atoms with Crippen molar-refractivity contribution in [2.24, 2.45) is 0 Å². The summed E-state index contributed by atoms with van der Waals surface area (Å²) in [5, 5.41) is 3.66. The van der Waals surface area contributed by atoms with Gasteiger partial charge in [-0.25, -0.2) is 0 Å². The fraction of sp³-hybridized carbons (Fsp3) is 0.455. The highest BCUT2D eigenvalue weighted by Crippen LogP contribution is 2.26. The number of rotatable bonds is 4. The molecule has 14 heavy (non-hydrogen) atoms. The van der Waals surface area contributed by atoms with E-state index in [4.69, 9.17) is 16.0 Å². The first-order valence-corrected chi connectivity index (χ1v) is 4.97. The van der Waals surface area contributed by atoms with E-state index < -0.39 is 0 Å². The summed E-state index contributed by atoms with van der Waals surface area (Å²) < 4.78 is 5.04. The molecule has 1 heterocycles. The third-order valence-corrected chi connectivity index (χ3v) is 2.41. The van der Waals surface area contributed by atoms with Crippen LogP contribution >= 0.6 is 11.6 Å². The highest BCUT2D eigenvalue weighted by molar-refractivity contribution is 6.29. The van der Waals surface area contributed by atoms with E-state index >= 15 is 0 Å². The van der Waals surface area contributed by atoms with Crippen LogP contribution in [-0.4, -0.2) is 7.05 Å². The van der Waals surface area contributed by atoms with Gasteiger partial charge in [0, 0.05) is 18.0 Å². The highest BCUT2D eigenvalue weighted by Gasteiger charge is 2.13. The summed E-state index contributed by atoms with van der Waals surface area (Å²) in [6.45, 7) is 1.85. The van der Waals surface area contributed by atoms with Crippen LogP contribution in [0.3, 0.4) is 0 Å². The molecule has 3 heteroatoms. The smallest absolute Gasteiger partial charge is 0.197 e. The fourth-order valence-corrected chi connectivity index (χ4v) is 1.60. The van der Waals surface area contributed by atoms with Gasteiger partial charge in [-0.2, -0.15) is 0 Å². The van der Waals surface area contributed by atoms with Gasteiger partial charge in [0.2, 0.25) is 0 Å². The van der Waals surface area contributed by atoms with Crippen LogP contribution < -0.4 is 5.32 Å². The summed E-state index contributed by atoms with van der Waals surface area (Å²) >= 11 is 5.88. The van der Waals surface area contributed by atoms with Crippen LogP contribution in [0.1, 0.15) is 31.4 Å². The maximum atomic E-state index is 5.88. The molecule has 0 aliphatic rings. The molecule has 0 aliphatic carbocycles. The first kappa shape index (κ1) is 11.2. The standard InChI is InChI=1S/C11H14ClNO/c1-3-4-5-6-10(13-2)9-7-8-14-11(9)12/h7-8,10,13H,5-6H2,1-2H3. The minimum atomic E-state index is 0.224. The second-order valence-corrected chi connectivity index (χ2v) is 3.30. The minimum Gasteiger partial charge on any atom is -0.453 e. The summed E-state index contributed by atoms with van der Waals surface area (Å²) in [6.07, 6.45) is 3.41. The second-order valence-electron chi connectivity index (χ2n) is 2.96. The Kier molecular flexibility index (Phi) is 4.58. The van der Waals surface area contributed by atoms with Crippen molar-refractivity contribution in [3.8, 4) is 11.8 Å². The lowest BCUT2D eigenvalue weighted by Crippen LogP contribution is -2.15. The molecule has 0 spiro atoms. The monoisotopic (exact) mass is 211 g/mol. The normalized spacial score (nSPS) is 11.9. The summed E-state index contributed by atoms with van der Waals surface area (Å²) in [6, 6.07) is 2.12. The van der Waals surface area contributed by atoms with Crippen molar-refractivity contribution >= 4 is 11.6 Å². The van der Waals surface area contributed by atoms with Crippen molar-refractivity contribution in [1.82, 2.24) is 5.32 Å². The maximum Gasteiger partial charge on any atom is 0.197 e. The Labute approximate surface area is 89.6 Å². The molecule has 0 bridgehead atoms. The van der Waals surface area contributed by atoms with Crippen LogP contribution in [0, 0.1) is 11.8 Å². The number of hydrogen-bond donors (Lipinski definition) is 1. The third kappa shape index (κ3) is 2.80. The second kappa shape index (κ2) is 5.74. The van der Waals surface area contributed by atoms with E-state index in [9.17, 15) is 0 Å². The minimum absolute atomic E-state index is 0.224. The molecule has 0 saturated heterocycles. The van der Waals surface area contributed by atoms with E-state index in [2.05, 4.69) is 17.2 Å². The molecule has 2 nitrogen and oxygen atoms in total. The molecule has 1 N–H and O–H groups in total. The Morgan fingerprint density at radius 3 is 2.93 bits per heavy atom. The zero-order valence-electron chi connectivity index (χ0n) is 8.43. The van der Waals surface area contributed by atoms with Crippen LogP contribution in [0.5, 0.6) is 0 Å². The van der Waals surface area contributed by atoms with E-state index in [1.807, 2.05) is 20.0 Å². The number of halogens is 1. The SMILES string of the molecule is CC#CCCC(NC)c1ccoc1Cl. The van der Waals surface area contributed by atoms with Crippen molar-refractivity contribution in [2.45, 2.75) is 25.8 Å². The van der Waals surface area contributed by atoms with Crippen molar-refractivity contribution in [3.05, 3.63) is 23.1 Å². The van der Waals surface area contributed by atoms with Gasteiger partial charge in [-0.3, -0.25) is 0 Å². The average Bonchev–Trinajstić information content (AvgIpc) is 2.60. The first-order valence-electron chi connectivity index (χ1n) is 4.59. The molecule has 0 saturated carbocycles. The molecular formula is C11H14ClNO. The number of nitrogens with one attached hydrogen (secondary N) is 1. The molecule has 0 fully saturated rings. The summed E-state index contributed by atoms with van der Waals surface area (Å²) in [5.41, 5.74) is 1.01. The summed E-state index contributed by atoms with van der Waals surface area (Å²) in [5.74, 6) is 5.90. The van der Waals surface area contributed by atoms with Gasteiger partial charge in [-0.1, -0.05) is 0 Å². The molecule has 0 aromatic carbocycles. The Hall–Kier alpha value is -0.910. The fourth-order valence-electron chi connectivity index (χ4n) is 1.35. The lowest BCUT2D eigenvalue weighted by atomic mass is 10.1. The van der Waals surface area contributed by atoms with Crippen LogP contribution in [0.4, 0.5) is 0 Å². The Morgan fingerprint density at radius 1 is 1.64 bits per heavy atom. The van der Waals surface area contributed by atoms with Crippen LogP contribution in [0.2, 0.25) is 5.22 Å². The maximum absolute atomic E-state index is 5.88. The average molecular weight is 212 g/mol. The molecule has 1 rings (SSSR count). The van der Waals surface area contributed by atoms with E-state index in [-0.39, 0.29) is 6.04 Å². The van der Waals surface area contributed by atoms with Crippen LogP contribution in [0.25, 0.3) is 0 Å². The van der Waals surface area contributed by atoms with Gasteiger partial charge in [-0.05, 0) is 38.1 Å². The molecule has 1 unspecified atom stereocenters. The Balaban J connectivity index is 2.61. The van der Waals surface area contributed by atoms with Gasteiger partial charge in [0.25, 0.3) is 0 Å². The summed E-state index contributed by atoms with van der Waals surface area (Å²) in [4.78, 5) is 0. The lowest BCUT2D eigenvalue weighted by molar-refractivity contribution is 0.530. The van der Waals surface area contributed by atoms with Gasteiger partial charge in [0.1, 0.15) is 0 Å². The van der Waals surface area contributed by atoms with Gasteiger partial charge in [-0.15, -0.1) is 11.8 Å². The molecule has 1 aromatic rings. The quantitative estimate of drug-likeness (QED) is 0.775. The number of hydrogen-bond acceptors (Lipinski definition) is 2. The van der Waals surface area contributed by atoms with Gasteiger partial charge < -0.3 is 9.73 Å². The molecule has 1 atom stereocenters. The largest absolute Gasteiger partial charge is 0.453 e. The lowest BCUT2D eigenvalue weighted by Gasteiger charge is -2.12. The molecular weight excluding hydrogens is 198 g/mol. The van der Waals surface area contributed by atoms with Crippen LogP contribution in [0.15, 0.2) is 16.7 Å². The van der Waals surface area contributed by atoms with E-state index in [1.165, 1.54) is 0 Å². The highest BCUT2D eigenvalue weighted by atomic mass is 35.5. The summed E-state index contributed by atoms with van der Waals surface area (Å²) in [7, 11) is 1.91. The molecule has 1 aromatic heterocycles. The number of furan rings is 1. The van der Waals surface area contributed by atoms with Crippen molar-refractivity contribution < 1.29 is 4.42 Å². The zero-order chi connectivity index (χ0) is 10.4. The van der Waals surface area contributed by atoms with Crippen molar-refractivity contribution in [2.75, 3.05) is 7.05 Å². The first-order chi connectivity index (χ1) is 6.79. The van der Waals surface area contributed by atoms with Gasteiger partial charge >= 0.3 is 0 Å². The van der Waals surface area contributed by atoms with E-state index in [0.29, 0.717) is 5.22 Å².